The van der Waals surface area contributed by atoms with Crippen LogP contribution in [0.25, 0.3) is 0 Å². The molecular formula is C33H38N6O4. The molecule has 0 spiro atoms. The van der Waals surface area contributed by atoms with Gasteiger partial charge in [-0.25, -0.2) is 4.98 Å². The van der Waals surface area contributed by atoms with Crippen LogP contribution in [0, 0.1) is 0 Å². The fourth-order valence-electron chi connectivity index (χ4n) is 4.37. The fraction of sp³-hybridized carbons (Fsp3) is 0.273. The maximum Gasteiger partial charge on any atom is 0.250 e. The number of carbonyl (C=O) groups excluding carboxylic acids is 3. The van der Waals surface area contributed by atoms with Crippen molar-refractivity contribution in [1.82, 2.24) is 19.8 Å². The van der Waals surface area contributed by atoms with Gasteiger partial charge in [0.15, 0.2) is 5.82 Å². The molecule has 0 saturated carbocycles. The van der Waals surface area contributed by atoms with Crippen molar-refractivity contribution in [2.45, 2.75) is 44.6 Å². The van der Waals surface area contributed by atoms with Gasteiger partial charge in [-0.2, -0.15) is 0 Å². The van der Waals surface area contributed by atoms with Crippen molar-refractivity contribution in [3.63, 3.8) is 0 Å². The molecule has 10 nitrogen and oxygen atoms in total. The van der Waals surface area contributed by atoms with Gasteiger partial charge in [-0.05, 0) is 30.5 Å². The van der Waals surface area contributed by atoms with Gasteiger partial charge in [0.2, 0.25) is 11.8 Å². The van der Waals surface area contributed by atoms with Crippen molar-refractivity contribution in [1.29, 1.82) is 0 Å². The number of nitrogens with one attached hydrogen (secondary N) is 2. The number of hydrogen-bond acceptors (Lipinski definition) is 6. The first kappa shape index (κ1) is 31.1. The first-order valence-electron chi connectivity index (χ1n) is 14.0. The summed E-state index contributed by atoms with van der Waals surface area (Å²) in [6, 6.07) is 26.9. The Bertz CT molecular complexity index is 1490. The van der Waals surface area contributed by atoms with Crippen molar-refractivity contribution in [3.8, 4) is 0 Å². The smallest absolute Gasteiger partial charge is 0.250 e. The summed E-state index contributed by atoms with van der Waals surface area (Å²) in [5, 5.41) is 5.43. The van der Waals surface area contributed by atoms with E-state index in [1.165, 1.54) is 6.33 Å². The average molecular weight is 583 g/mol. The molecule has 224 valence electrons. The number of amides is 3. The molecule has 4 aromatic rings. The van der Waals surface area contributed by atoms with Gasteiger partial charge in [0.1, 0.15) is 12.1 Å². The Morgan fingerprint density at radius 3 is 2.12 bits per heavy atom. The molecule has 4 N–H and O–H groups in total. The number of nitrogens with zero attached hydrogens (tertiary/aromatic N) is 3. The van der Waals surface area contributed by atoms with E-state index >= 15 is 0 Å². The first-order valence-corrected chi connectivity index (χ1v) is 14.0. The van der Waals surface area contributed by atoms with E-state index in [4.69, 9.17) is 10.5 Å². The van der Waals surface area contributed by atoms with Gasteiger partial charge in [0, 0.05) is 19.8 Å². The maximum atomic E-state index is 13.8. The SMILES string of the molecule is CN(Cc1ccccc1)C(=O)C(c1ccccc1)n1cnc(NC(=O)C(COCc2ccccc2)NC(=O)C(C)(C)N)c1. The molecule has 4 rings (SSSR count). The Morgan fingerprint density at radius 2 is 1.51 bits per heavy atom. The number of benzene rings is 3. The lowest BCUT2D eigenvalue weighted by Gasteiger charge is -2.25. The number of aromatic nitrogens is 2. The molecule has 10 heteroatoms. The second-order valence-corrected chi connectivity index (χ2v) is 10.9. The average Bonchev–Trinajstić information content (AvgIpc) is 3.45. The predicted octanol–water partition coefficient (Wildman–Crippen LogP) is 3.51. The van der Waals surface area contributed by atoms with E-state index in [2.05, 4.69) is 15.6 Å². The number of likely N-dealkylation sites (N-methyl/N-ethyl adjacent to an activating group) is 1. The van der Waals surface area contributed by atoms with Crippen LogP contribution < -0.4 is 16.4 Å². The standard InChI is InChI=1S/C33H38N6O4/c1-33(2,34)32(42)36-27(22-43-21-25-15-9-5-10-16-25)30(40)37-28-20-39(23-35-28)29(26-17-11-6-12-18-26)31(41)38(3)19-24-13-7-4-8-14-24/h4-18,20,23,27,29H,19,21-22,34H2,1-3H3,(H,36,42)(H,37,40). The van der Waals surface area contributed by atoms with Gasteiger partial charge in [-0.15, -0.1) is 0 Å². The zero-order chi connectivity index (χ0) is 30.8. The molecule has 0 aliphatic heterocycles. The number of imidazole rings is 1. The second-order valence-electron chi connectivity index (χ2n) is 10.9. The highest BCUT2D eigenvalue weighted by atomic mass is 16.5. The van der Waals surface area contributed by atoms with Crippen molar-refractivity contribution in [3.05, 3.63) is 120 Å². The quantitative estimate of drug-likeness (QED) is 0.221. The second kappa shape index (κ2) is 14.4. The number of carbonyl (C=O) groups is 3. The third kappa shape index (κ3) is 8.84. The van der Waals surface area contributed by atoms with E-state index in [-0.39, 0.29) is 24.9 Å². The molecule has 1 aromatic heterocycles. The van der Waals surface area contributed by atoms with Gasteiger partial charge in [0.25, 0.3) is 5.91 Å². The number of rotatable bonds is 13. The van der Waals surface area contributed by atoms with Crippen molar-refractivity contribution < 1.29 is 19.1 Å². The van der Waals surface area contributed by atoms with Gasteiger partial charge in [-0.1, -0.05) is 91.0 Å². The lowest BCUT2D eigenvalue weighted by molar-refractivity contribution is -0.132. The van der Waals surface area contributed by atoms with Crippen LogP contribution in [0.1, 0.15) is 36.6 Å². The molecule has 0 saturated heterocycles. The van der Waals surface area contributed by atoms with Crippen LogP contribution in [0.4, 0.5) is 5.82 Å². The number of anilines is 1. The predicted molar refractivity (Wildman–Crippen MR) is 165 cm³/mol. The summed E-state index contributed by atoms with van der Waals surface area (Å²) >= 11 is 0. The fourth-order valence-corrected chi connectivity index (χ4v) is 4.37. The normalized spacial score (nSPS) is 12.7. The molecule has 43 heavy (non-hydrogen) atoms. The van der Waals surface area contributed by atoms with Gasteiger partial charge in [0.05, 0.1) is 25.1 Å². The minimum Gasteiger partial charge on any atom is -0.374 e. The Labute approximate surface area is 251 Å². The zero-order valence-electron chi connectivity index (χ0n) is 24.6. The van der Waals surface area contributed by atoms with E-state index < -0.39 is 29.4 Å². The van der Waals surface area contributed by atoms with E-state index in [0.717, 1.165) is 16.7 Å². The molecule has 1 heterocycles. The molecule has 0 fully saturated rings. The van der Waals surface area contributed by atoms with E-state index in [1.54, 1.807) is 36.6 Å². The highest BCUT2D eigenvalue weighted by Crippen LogP contribution is 2.23. The Morgan fingerprint density at radius 1 is 0.930 bits per heavy atom. The van der Waals surface area contributed by atoms with E-state index in [1.807, 2.05) is 91.0 Å². The number of hydrogen-bond donors (Lipinski definition) is 3. The van der Waals surface area contributed by atoms with Crippen LogP contribution in [-0.2, 0) is 32.3 Å². The summed E-state index contributed by atoms with van der Waals surface area (Å²) in [6.07, 6.45) is 3.10. The zero-order valence-corrected chi connectivity index (χ0v) is 24.6. The molecule has 0 radical (unpaired) electrons. The molecule has 0 aliphatic rings. The van der Waals surface area contributed by atoms with Crippen LogP contribution in [0.15, 0.2) is 104 Å². The Kier molecular flexibility index (Phi) is 10.4. The summed E-state index contributed by atoms with van der Waals surface area (Å²) in [7, 11) is 1.76. The van der Waals surface area contributed by atoms with Crippen molar-refractivity contribution >= 4 is 23.5 Å². The number of nitrogens with two attached hydrogens (primary N) is 1. The van der Waals surface area contributed by atoms with Crippen LogP contribution in [-0.4, -0.2) is 57.4 Å². The number of ether oxygens (including phenoxy) is 1. The largest absolute Gasteiger partial charge is 0.374 e. The summed E-state index contributed by atoms with van der Waals surface area (Å²) in [4.78, 5) is 45.8. The molecule has 3 amide bonds. The molecular weight excluding hydrogens is 544 g/mol. The summed E-state index contributed by atoms with van der Waals surface area (Å²) in [5.41, 5.74) is 7.46. The lowest BCUT2D eigenvalue weighted by atomic mass is 10.1. The van der Waals surface area contributed by atoms with E-state index in [9.17, 15) is 14.4 Å². The van der Waals surface area contributed by atoms with E-state index in [0.29, 0.717) is 6.54 Å². The summed E-state index contributed by atoms with van der Waals surface area (Å²) < 4.78 is 7.43. The highest BCUT2D eigenvalue weighted by Gasteiger charge is 2.30. The topological polar surface area (TPSA) is 132 Å². The summed E-state index contributed by atoms with van der Waals surface area (Å²) in [5.74, 6) is -0.953. The lowest BCUT2D eigenvalue weighted by Crippen LogP contribution is -2.56. The van der Waals surface area contributed by atoms with Crippen LogP contribution in [0.5, 0.6) is 0 Å². The Hall–Kier alpha value is -4.80. The molecule has 0 aliphatic carbocycles. The monoisotopic (exact) mass is 582 g/mol. The molecule has 0 bridgehead atoms. The van der Waals surface area contributed by atoms with Crippen LogP contribution in [0.3, 0.4) is 0 Å². The maximum absolute atomic E-state index is 13.8. The first-order chi connectivity index (χ1) is 20.6. The van der Waals surface area contributed by atoms with Gasteiger partial charge >= 0.3 is 0 Å². The van der Waals surface area contributed by atoms with Crippen LogP contribution in [0.2, 0.25) is 0 Å². The van der Waals surface area contributed by atoms with Gasteiger partial charge < -0.3 is 30.6 Å². The van der Waals surface area contributed by atoms with Gasteiger partial charge in [-0.3, -0.25) is 14.4 Å². The summed E-state index contributed by atoms with van der Waals surface area (Å²) in [6.45, 7) is 3.72. The van der Waals surface area contributed by atoms with Crippen molar-refractivity contribution in [2.75, 3.05) is 19.0 Å². The highest BCUT2D eigenvalue weighted by molar-refractivity contribution is 5.98. The minimum atomic E-state index is -1.20. The van der Waals surface area contributed by atoms with Crippen LogP contribution >= 0.6 is 0 Å². The van der Waals surface area contributed by atoms with Crippen molar-refractivity contribution in [2.24, 2.45) is 5.73 Å². The third-order valence-corrected chi connectivity index (χ3v) is 6.74. The molecule has 3 aromatic carbocycles. The molecule has 2 atom stereocenters. The Balaban J connectivity index is 1.50. The minimum absolute atomic E-state index is 0.0847. The third-order valence-electron chi connectivity index (χ3n) is 6.74. The molecule has 2 unspecified atom stereocenters.